The molecule has 0 amide bonds. The molecule has 1 rings (SSSR count). The van der Waals surface area contributed by atoms with Gasteiger partial charge >= 0.3 is 0 Å². The van der Waals surface area contributed by atoms with E-state index >= 15 is 0 Å². The van der Waals surface area contributed by atoms with Crippen LogP contribution < -0.4 is 10.0 Å². The highest BCUT2D eigenvalue weighted by Gasteiger charge is 2.10. The average Bonchev–Trinajstić information content (AvgIpc) is 2.64. The molecule has 0 unspecified atom stereocenters. The highest BCUT2D eigenvalue weighted by molar-refractivity contribution is 7.89. The normalized spacial score (nSPS) is 11.9. The van der Waals surface area contributed by atoms with Crippen molar-refractivity contribution in [1.29, 1.82) is 0 Å². The molecule has 0 bridgehead atoms. The van der Waals surface area contributed by atoms with Crippen LogP contribution in [0.3, 0.4) is 0 Å². The Morgan fingerprint density at radius 3 is 2.71 bits per heavy atom. The standard InChI is InChI=1S/C9H18N4O3S/c1-3-10-6-7-17(14,15)11-5-4-9-12-8(2)13-16-9/h10-11H,3-7H2,1-2H3. The maximum atomic E-state index is 11.5. The third kappa shape index (κ3) is 5.76. The lowest BCUT2D eigenvalue weighted by Crippen LogP contribution is -2.33. The van der Waals surface area contributed by atoms with E-state index in [4.69, 9.17) is 4.52 Å². The molecule has 0 fully saturated rings. The summed E-state index contributed by atoms with van der Waals surface area (Å²) >= 11 is 0. The van der Waals surface area contributed by atoms with Gasteiger partial charge in [-0.2, -0.15) is 4.98 Å². The summed E-state index contributed by atoms with van der Waals surface area (Å²) < 4.78 is 30.3. The molecule has 17 heavy (non-hydrogen) atoms. The summed E-state index contributed by atoms with van der Waals surface area (Å²) in [4.78, 5) is 3.98. The lowest BCUT2D eigenvalue weighted by molar-refractivity contribution is 0.375. The van der Waals surface area contributed by atoms with Gasteiger partial charge in [0, 0.05) is 19.5 Å². The van der Waals surface area contributed by atoms with Gasteiger partial charge in [0.25, 0.3) is 0 Å². The van der Waals surface area contributed by atoms with Crippen molar-refractivity contribution in [1.82, 2.24) is 20.2 Å². The second-order valence-corrected chi connectivity index (χ2v) is 5.48. The average molecular weight is 262 g/mol. The molecule has 0 aliphatic carbocycles. The molecule has 0 atom stereocenters. The van der Waals surface area contributed by atoms with E-state index in [9.17, 15) is 8.42 Å². The summed E-state index contributed by atoms with van der Waals surface area (Å²) in [6, 6.07) is 0. The zero-order valence-corrected chi connectivity index (χ0v) is 10.9. The molecule has 0 saturated heterocycles. The molecule has 8 heteroatoms. The molecule has 2 N–H and O–H groups in total. The van der Waals surface area contributed by atoms with Crippen molar-refractivity contribution in [2.75, 3.05) is 25.4 Å². The highest BCUT2D eigenvalue weighted by atomic mass is 32.2. The number of rotatable bonds is 8. The Bertz CT molecular complexity index is 429. The predicted molar refractivity (Wildman–Crippen MR) is 63.1 cm³/mol. The van der Waals surface area contributed by atoms with Crippen molar-refractivity contribution in [2.45, 2.75) is 20.3 Å². The van der Waals surface area contributed by atoms with Crippen molar-refractivity contribution < 1.29 is 12.9 Å². The topological polar surface area (TPSA) is 97.1 Å². The van der Waals surface area contributed by atoms with Crippen LogP contribution in [0.25, 0.3) is 0 Å². The molecule has 0 spiro atoms. The Morgan fingerprint density at radius 2 is 2.12 bits per heavy atom. The molecule has 1 aromatic rings. The number of aromatic nitrogens is 2. The molecule has 0 aromatic carbocycles. The summed E-state index contributed by atoms with van der Waals surface area (Å²) in [7, 11) is -3.22. The van der Waals surface area contributed by atoms with Crippen molar-refractivity contribution in [3.63, 3.8) is 0 Å². The molecule has 7 nitrogen and oxygen atoms in total. The van der Waals surface area contributed by atoms with Crippen molar-refractivity contribution in [2.24, 2.45) is 0 Å². The van der Waals surface area contributed by atoms with Crippen LogP contribution in [0.1, 0.15) is 18.6 Å². The van der Waals surface area contributed by atoms with Crippen LogP contribution in [-0.4, -0.2) is 43.9 Å². The molecule has 0 aliphatic heterocycles. The minimum atomic E-state index is -3.22. The van der Waals surface area contributed by atoms with Crippen LogP contribution in [-0.2, 0) is 16.4 Å². The molecule has 98 valence electrons. The van der Waals surface area contributed by atoms with Gasteiger partial charge in [-0.05, 0) is 13.5 Å². The first kappa shape index (κ1) is 14.1. The maximum Gasteiger partial charge on any atom is 0.227 e. The molecule has 1 heterocycles. The molecular formula is C9H18N4O3S. The van der Waals surface area contributed by atoms with E-state index in [1.807, 2.05) is 6.92 Å². The van der Waals surface area contributed by atoms with Crippen molar-refractivity contribution in [3.05, 3.63) is 11.7 Å². The zero-order valence-electron chi connectivity index (χ0n) is 10.1. The number of nitrogens with one attached hydrogen (secondary N) is 2. The Balaban J connectivity index is 2.25. The van der Waals surface area contributed by atoms with Crippen LogP contribution in [0.5, 0.6) is 0 Å². The fraction of sp³-hybridized carbons (Fsp3) is 0.778. The maximum absolute atomic E-state index is 11.5. The molecule has 0 radical (unpaired) electrons. The van der Waals surface area contributed by atoms with Gasteiger partial charge in [-0.25, -0.2) is 13.1 Å². The number of aryl methyl sites for hydroxylation is 1. The van der Waals surface area contributed by atoms with E-state index in [0.29, 0.717) is 24.7 Å². The van der Waals surface area contributed by atoms with Gasteiger partial charge in [0.1, 0.15) is 0 Å². The quantitative estimate of drug-likeness (QED) is 0.610. The van der Waals surface area contributed by atoms with E-state index < -0.39 is 10.0 Å². The Labute approximate surface area is 101 Å². The lowest BCUT2D eigenvalue weighted by atomic mass is 10.4. The van der Waals surface area contributed by atoms with Crippen LogP contribution >= 0.6 is 0 Å². The van der Waals surface area contributed by atoms with Crippen LogP contribution in [0.15, 0.2) is 4.52 Å². The predicted octanol–water partition coefficient (Wildman–Crippen LogP) is -0.551. The van der Waals surface area contributed by atoms with Gasteiger partial charge in [-0.1, -0.05) is 12.1 Å². The number of hydrogen-bond acceptors (Lipinski definition) is 6. The summed E-state index contributed by atoms with van der Waals surface area (Å²) in [5, 5.41) is 6.57. The van der Waals surface area contributed by atoms with E-state index in [1.54, 1.807) is 6.92 Å². The summed E-state index contributed by atoms with van der Waals surface area (Å²) in [5.74, 6) is 1.07. The van der Waals surface area contributed by atoms with E-state index in [-0.39, 0.29) is 12.3 Å². The summed E-state index contributed by atoms with van der Waals surface area (Å²) in [6.07, 6.45) is 0.404. The van der Waals surface area contributed by atoms with Gasteiger partial charge in [-0.3, -0.25) is 0 Å². The van der Waals surface area contributed by atoms with Gasteiger partial charge in [0.15, 0.2) is 5.82 Å². The summed E-state index contributed by atoms with van der Waals surface area (Å²) in [6.45, 7) is 5.13. The zero-order chi connectivity index (χ0) is 12.7. The van der Waals surface area contributed by atoms with Crippen LogP contribution in [0.2, 0.25) is 0 Å². The minimum absolute atomic E-state index is 0.0731. The molecular weight excluding hydrogens is 244 g/mol. The van der Waals surface area contributed by atoms with Gasteiger partial charge in [0.05, 0.1) is 5.75 Å². The fourth-order valence-corrected chi connectivity index (χ4v) is 2.18. The smallest absolute Gasteiger partial charge is 0.227 e. The van der Waals surface area contributed by atoms with Crippen molar-refractivity contribution >= 4 is 10.0 Å². The Hall–Kier alpha value is -0.990. The molecule has 0 saturated carbocycles. The van der Waals surface area contributed by atoms with E-state index in [2.05, 4.69) is 20.2 Å². The van der Waals surface area contributed by atoms with E-state index in [1.165, 1.54) is 0 Å². The highest BCUT2D eigenvalue weighted by Crippen LogP contribution is 1.96. The third-order valence-corrected chi connectivity index (χ3v) is 3.41. The van der Waals surface area contributed by atoms with Gasteiger partial charge in [-0.15, -0.1) is 0 Å². The lowest BCUT2D eigenvalue weighted by Gasteiger charge is -2.05. The van der Waals surface area contributed by atoms with E-state index in [0.717, 1.165) is 6.54 Å². The number of sulfonamides is 1. The monoisotopic (exact) mass is 262 g/mol. The fourth-order valence-electron chi connectivity index (χ4n) is 1.21. The van der Waals surface area contributed by atoms with Crippen molar-refractivity contribution in [3.8, 4) is 0 Å². The first-order valence-electron chi connectivity index (χ1n) is 5.50. The van der Waals surface area contributed by atoms with Gasteiger partial charge in [0.2, 0.25) is 15.9 Å². The SMILES string of the molecule is CCNCCS(=O)(=O)NCCc1nc(C)no1. The van der Waals surface area contributed by atoms with Crippen LogP contribution in [0, 0.1) is 6.92 Å². The number of nitrogens with zero attached hydrogens (tertiary/aromatic N) is 2. The largest absolute Gasteiger partial charge is 0.339 e. The summed E-state index contributed by atoms with van der Waals surface area (Å²) in [5.41, 5.74) is 0. The Morgan fingerprint density at radius 1 is 1.35 bits per heavy atom. The second kappa shape index (κ2) is 6.67. The second-order valence-electron chi connectivity index (χ2n) is 3.55. The molecule has 0 aliphatic rings. The third-order valence-electron chi connectivity index (χ3n) is 2.03. The first-order chi connectivity index (χ1) is 8.03. The number of hydrogen-bond donors (Lipinski definition) is 2. The molecule has 1 aromatic heterocycles. The van der Waals surface area contributed by atoms with Crippen LogP contribution in [0.4, 0.5) is 0 Å². The Kier molecular flexibility index (Phi) is 5.52. The van der Waals surface area contributed by atoms with Gasteiger partial charge < -0.3 is 9.84 Å². The first-order valence-corrected chi connectivity index (χ1v) is 7.16. The minimum Gasteiger partial charge on any atom is -0.339 e.